The first-order valence-electron chi connectivity index (χ1n) is 4.81. The van der Waals surface area contributed by atoms with Crippen LogP contribution in [0, 0.1) is 0 Å². The first-order chi connectivity index (χ1) is 6.77. The number of hydrogen-bond acceptors (Lipinski definition) is 2. The second-order valence-electron chi connectivity index (χ2n) is 3.60. The molecule has 1 aromatic rings. The van der Waals surface area contributed by atoms with E-state index < -0.39 is 5.97 Å². The maximum Gasteiger partial charge on any atom is 0.320 e. The highest BCUT2D eigenvalue weighted by molar-refractivity contribution is 5.73. The van der Waals surface area contributed by atoms with Gasteiger partial charge in [0.25, 0.3) is 0 Å². The number of rotatable bonds is 2. The topological polar surface area (TPSA) is 49.3 Å². The van der Waals surface area contributed by atoms with Crippen molar-refractivity contribution in [1.82, 2.24) is 5.32 Å². The molecule has 74 valence electrons. The van der Waals surface area contributed by atoms with Crippen molar-refractivity contribution >= 4 is 5.97 Å². The van der Waals surface area contributed by atoms with Crippen LogP contribution in [0.2, 0.25) is 0 Å². The monoisotopic (exact) mass is 191 g/mol. The molecule has 0 aliphatic carbocycles. The highest BCUT2D eigenvalue weighted by atomic mass is 16.4. The molecular weight excluding hydrogens is 178 g/mol. The first kappa shape index (κ1) is 9.21. The number of carboxylic acids is 1. The van der Waals surface area contributed by atoms with Gasteiger partial charge in [-0.25, -0.2) is 0 Å². The van der Waals surface area contributed by atoms with Crippen LogP contribution in [0.1, 0.15) is 24.4 Å². The van der Waals surface area contributed by atoms with Gasteiger partial charge in [0.1, 0.15) is 6.04 Å². The molecule has 0 aromatic heterocycles. The highest BCUT2D eigenvalue weighted by Crippen LogP contribution is 2.26. The maximum atomic E-state index is 10.7. The number of nitrogens with one attached hydrogen (secondary N) is 1. The Labute approximate surface area is 82.8 Å². The SMILES string of the molecule is O=C(O)C1CC[C@H](c2ccccc2)N1. The molecule has 0 saturated carbocycles. The van der Waals surface area contributed by atoms with Crippen LogP contribution in [0.3, 0.4) is 0 Å². The van der Waals surface area contributed by atoms with Gasteiger partial charge in [0, 0.05) is 6.04 Å². The maximum absolute atomic E-state index is 10.7. The Kier molecular flexibility index (Phi) is 2.50. The lowest BCUT2D eigenvalue weighted by molar-refractivity contribution is -0.139. The summed E-state index contributed by atoms with van der Waals surface area (Å²) in [5.74, 6) is -0.747. The molecule has 0 amide bonds. The van der Waals surface area contributed by atoms with E-state index in [9.17, 15) is 4.79 Å². The Morgan fingerprint density at radius 2 is 2.00 bits per heavy atom. The van der Waals surface area contributed by atoms with Crippen molar-refractivity contribution in [2.24, 2.45) is 0 Å². The van der Waals surface area contributed by atoms with Crippen molar-refractivity contribution in [2.45, 2.75) is 24.9 Å². The number of carboxylic acid groups (broad SMARTS) is 1. The Morgan fingerprint density at radius 1 is 1.29 bits per heavy atom. The molecule has 3 nitrogen and oxygen atoms in total. The molecule has 2 N–H and O–H groups in total. The van der Waals surface area contributed by atoms with Gasteiger partial charge in [-0.2, -0.15) is 0 Å². The van der Waals surface area contributed by atoms with Gasteiger partial charge in [-0.05, 0) is 18.4 Å². The smallest absolute Gasteiger partial charge is 0.320 e. The third kappa shape index (κ3) is 1.77. The second kappa shape index (κ2) is 3.80. The molecule has 1 saturated heterocycles. The number of benzene rings is 1. The summed E-state index contributed by atoms with van der Waals surface area (Å²) >= 11 is 0. The van der Waals surface area contributed by atoms with Gasteiger partial charge in [0.05, 0.1) is 0 Å². The van der Waals surface area contributed by atoms with Crippen molar-refractivity contribution in [1.29, 1.82) is 0 Å². The minimum atomic E-state index is -0.747. The van der Waals surface area contributed by atoms with E-state index in [0.717, 1.165) is 12.8 Å². The summed E-state index contributed by atoms with van der Waals surface area (Å²) in [6, 6.07) is 9.81. The zero-order chi connectivity index (χ0) is 9.97. The van der Waals surface area contributed by atoms with E-state index in [0.29, 0.717) is 0 Å². The Balaban J connectivity index is 2.06. The lowest BCUT2D eigenvalue weighted by Gasteiger charge is -2.11. The molecule has 14 heavy (non-hydrogen) atoms. The molecule has 1 aliphatic heterocycles. The van der Waals surface area contributed by atoms with E-state index in [4.69, 9.17) is 5.11 Å². The predicted octanol–water partition coefficient (Wildman–Crippen LogP) is 1.56. The van der Waals surface area contributed by atoms with E-state index in [1.807, 2.05) is 30.3 Å². The summed E-state index contributed by atoms with van der Waals surface area (Å²) in [4.78, 5) is 10.7. The van der Waals surface area contributed by atoms with Crippen LogP contribution in [-0.4, -0.2) is 17.1 Å². The van der Waals surface area contributed by atoms with Crippen LogP contribution >= 0.6 is 0 Å². The zero-order valence-electron chi connectivity index (χ0n) is 7.81. The molecule has 3 heteroatoms. The lowest BCUT2D eigenvalue weighted by atomic mass is 10.1. The minimum absolute atomic E-state index is 0.206. The molecular formula is C11H13NO2. The Morgan fingerprint density at radius 3 is 2.57 bits per heavy atom. The molecule has 0 spiro atoms. The van der Waals surface area contributed by atoms with Crippen LogP contribution < -0.4 is 5.32 Å². The quantitative estimate of drug-likeness (QED) is 0.746. The van der Waals surface area contributed by atoms with Crippen molar-refractivity contribution in [3.05, 3.63) is 35.9 Å². The number of carbonyl (C=O) groups is 1. The van der Waals surface area contributed by atoms with Crippen LogP contribution in [-0.2, 0) is 4.79 Å². The largest absolute Gasteiger partial charge is 0.480 e. The van der Waals surface area contributed by atoms with Crippen molar-refractivity contribution in [3.63, 3.8) is 0 Å². The third-order valence-corrected chi connectivity index (χ3v) is 2.65. The highest BCUT2D eigenvalue weighted by Gasteiger charge is 2.29. The van der Waals surface area contributed by atoms with Crippen molar-refractivity contribution in [2.75, 3.05) is 0 Å². The van der Waals surface area contributed by atoms with Gasteiger partial charge in [-0.1, -0.05) is 30.3 Å². The van der Waals surface area contributed by atoms with E-state index >= 15 is 0 Å². The van der Waals surface area contributed by atoms with Gasteiger partial charge in [0.15, 0.2) is 0 Å². The van der Waals surface area contributed by atoms with Gasteiger partial charge in [0.2, 0.25) is 0 Å². The standard InChI is InChI=1S/C11H13NO2/c13-11(14)10-7-6-9(12-10)8-4-2-1-3-5-8/h1-5,9-10,12H,6-7H2,(H,13,14)/t9-,10?/m1/s1. The molecule has 1 heterocycles. The summed E-state index contributed by atoms with van der Waals surface area (Å²) < 4.78 is 0. The van der Waals surface area contributed by atoms with Crippen LogP contribution in [0.25, 0.3) is 0 Å². The van der Waals surface area contributed by atoms with Gasteiger partial charge in [-0.3, -0.25) is 10.1 Å². The van der Waals surface area contributed by atoms with Crippen LogP contribution in [0.5, 0.6) is 0 Å². The van der Waals surface area contributed by atoms with E-state index in [1.165, 1.54) is 5.56 Å². The van der Waals surface area contributed by atoms with Crippen molar-refractivity contribution in [3.8, 4) is 0 Å². The fourth-order valence-corrected chi connectivity index (χ4v) is 1.89. The number of hydrogen-bond donors (Lipinski definition) is 2. The second-order valence-corrected chi connectivity index (χ2v) is 3.60. The Bertz CT molecular complexity index is 323. The number of aliphatic carboxylic acids is 1. The van der Waals surface area contributed by atoms with Crippen LogP contribution in [0.4, 0.5) is 0 Å². The molecule has 1 unspecified atom stereocenters. The summed E-state index contributed by atoms with van der Waals surface area (Å²) in [5, 5.41) is 11.9. The molecule has 1 aromatic carbocycles. The normalized spacial score (nSPS) is 26.3. The lowest BCUT2D eigenvalue weighted by Crippen LogP contribution is -2.31. The molecule has 0 radical (unpaired) electrons. The summed E-state index contributed by atoms with van der Waals surface area (Å²) in [5.41, 5.74) is 1.18. The summed E-state index contributed by atoms with van der Waals surface area (Å²) in [7, 11) is 0. The third-order valence-electron chi connectivity index (χ3n) is 2.65. The fourth-order valence-electron chi connectivity index (χ4n) is 1.89. The summed E-state index contributed by atoms with van der Waals surface area (Å²) in [6.45, 7) is 0. The summed E-state index contributed by atoms with van der Waals surface area (Å²) in [6.07, 6.45) is 1.62. The molecule has 2 atom stereocenters. The molecule has 0 bridgehead atoms. The molecule has 2 rings (SSSR count). The van der Waals surface area contributed by atoms with Gasteiger partial charge < -0.3 is 5.11 Å². The van der Waals surface area contributed by atoms with E-state index in [1.54, 1.807) is 0 Å². The van der Waals surface area contributed by atoms with Gasteiger partial charge in [-0.15, -0.1) is 0 Å². The predicted molar refractivity (Wildman–Crippen MR) is 53.0 cm³/mol. The molecule has 1 aliphatic rings. The average molecular weight is 191 g/mol. The fraction of sp³-hybridized carbons (Fsp3) is 0.364. The van der Waals surface area contributed by atoms with E-state index in [-0.39, 0.29) is 12.1 Å². The van der Waals surface area contributed by atoms with Crippen LogP contribution in [0.15, 0.2) is 30.3 Å². The zero-order valence-corrected chi connectivity index (χ0v) is 7.81. The van der Waals surface area contributed by atoms with Gasteiger partial charge >= 0.3 is 5.97 Å². The van der Waals surface area contributed by atoms with Crippen molar-refractivity contribution < 1.29 is 9.90 Å². The first-order valence-corrected chi connectivity index (χ1v) is 4.81. The molecule has 1 fully saturated rings. The van der Waals surface area contributed by atoms with E-state index in [2.05, 4.69) is 5.32 Å². The Hall–Kier alpha value is -1.35. The average Bonchev–Trinajstić information content (AvgIpc) is 2.68. The minimum Gasteiger partial charge on any atom is -0.480 e.